The SMILES string of the molecule is C=C1C(c2ccc(F)cc2)=CNc2ccnc(Cl)c21. The summed E-state index contributed by atoms with van der Waals surface area (Å²) in [6, 6.07) is 8.10. The van der Waals surface area contributed by atoms with Crippen LogP contribution in [0.15, 0.2) is 49.3 Å². The van der Waals surface area contributed by atoms with Crippen LogP contribution in [0.5, 0.6) is 0 Å². The molecule has 0 saturated carbocycles. The first kappa shape index (κ1) is 11.9. The minimum Gasteiger partial charge on any atom is -0.360 e. The zero-order valence-electron chi connectivity index (χ0n) is 9.95. The predicted molar refractivity (Wildman–Crippen MR) is 76.3 cm³/mol. The normalized spacial score (nSPS) is 13.6. The van der Waals surface area contributed by atoms with Gasteiger partial charge in [0.1, 0.15) is 11.0 Å². The number of nitrogens with one attached hydrogen (secondary N) is 1. The summed E-state index contributed by atoms with van der Waals surface area (Å²) in [7, 11) is 0. The van der Waals surface area contributed by atoms with Gasteiger partial charge in [0, 0.05) is 23.5 Å². The smallest absolute Gasteiger partial charge is 0.138 e. The van der Waals surface area contributed by atoms with E-state index in [1.807, 2.05) is 12.3 Å². The van der Waals surface area contributed by atoms with E-state index in [1.165, 1.54) is 12.1 Å². The quantitative estimate of drug-likeness (QED) is 0.781. The molecular formula is C15H10ClFN2. The number of pyridine rings is 1. The van der Waals surface area contributed by atoms with E-state index in [2.05, 4.69) is 16.9 Å². The summed E-state index contributed by atoms with van der Waals surface area (Å²) in [5.41, 5.74) is 4.19. The molecule has 0 radical (unpaired) electrons. The van der Waals surface area contributed by atoms with Gasteiger partial charge >= 0.3 is 0 Å². The van der Waals surface area contributed by atoms with Gasteiger partial charge in [0.2, 0.25) is 0 Å². The third-order valence-corrected chi connectivity index (χ3v) is 3.35. The Kier molecular flexibility index (Phi) is 2.84. The molecule has 2 heterocycles. The number of fused-ring (bicyclic) bond motifs is 1. The third kappa shape index (κ3) is 2.02. The lowest BCUT2D eigenvalue weighted by Crippen LogP contribution is -2.05. The van der Waals surface area contributed by atoms with Crippen LogP contribution in [0.1, 0.15) is 11.1 Å². The first-order valence-electron chi connectivity index (χ1n) is 5.73. The number of hydrogen-bond donors (Lipinski definition) is 1. The lowest BCUT2D eigenvalue weighted by atomic mass is 9.92. The van der Waals surface area contributed by atoms with Crippen LogP contribution in [-0.2, 0) is 0 Å². The number of benzene rings is 1. The number of halogens is 2. The molecule has 0 unspecified atom stereocenters. The second kappa shape index (κ2) is 4.52. The average Bonchev–Trinajstić information content (AvgIpc) is 2.40. The topological polar surface area (TPSA) is 24.9 Å². The van der Waals surface area contributed by atoms with Gasteiger partial charge in [0.05, 0.1) is 5.69 Å². The molecule has 0 amide bonds. The molecule has 0 fully saturated rings. The Morgan fingerprint density at radius 1 is 1.16 bits per heavy atom. The van der Waals surface area contributed by atoms with Crippen LogP contribution in [-0.4, -0.2) is 4.98 Å². The van der Waals surface area contributed by atoms with Gasteiger partial charge in [0.15, 0.2) is 0 Å². The Morgan fingerprint density at radius 3 is 2.63 bits per heavy atom. The van der Waals surface area contributed by atoms with Crippen LogP contribution in [0.25, 0.3) is 11.1 Å². The highest BCUT2D eigenvalue weighted by molar-refractivity contribution is 6.33. The van der Waals surface area contributed by atoms with Crippen molar-refractivity contribution >= 4 is 28.4 Å². The molecule has 1 aliphatic heterocycles. The second-order valence-electron chi connectivity index (χ2n) is 4.21. The van der Waals surface area contributed by atoms with Crippen LogP contribution in [0.2, 0.25) is 5.15 Å². The van der Waals surface area contributed by atoms with Crippen LogP contribution >= 0.6 is 11.6 Å². The highest BCUT2D eigenvalue weighted by atomic mass is 35.5. The van der Waals surface area contributed by atoms with Crippen molar-refractivity contribution in [1.82, 2.24) is 4.98 Å². The highest BCUT2D eigenvalue weighted by Crippen LogP contribution is 2.40. The van der Waals surface area contributed by atoms with Crippen LogP contribution in [0.4, 0.5) is 10.1 Å². The molecule has 1 aliphatic rings. The van der Waals surface area contributed by atoms with Crippen molar-refractivity contribution in [3.8, 4) is 0 Å². The van der Waals surface area contributed by atoms with Crippen molar-refractivity contribution in [3.05, 3.63) is 71.4 Å². The van der Waals surface area contributed by atoms with Crippen LogP contribution in [0.3, 0.4) is 0 Å². The van der Waals surface area contributed by atoms with Crippen molar-refractivity contribution in [2.45, 2.75) is 0 Å². The van der Waals surface area contributed by atoms with Gasteiger partial charge in [-0.1, -0.05) is 30.3 Å². The molecule has 1 aromatic heterocycles. The van der Waals surface area contributed by atoms with E-state index in [1.54, 1.807) is 18.3 Å². The fraction of sp³-hybridized carbons (Fsp3) is 0. The zero-order valence-corrected chi connectivity index (χ0v) is 10.7. The molecule has 0 aliphatic carbocycles. The summed E-state index contributed by atoms with van der Waals surface area (Å²) >= 11 is 6.12. The minimum atomic E-state index is -0.265. The summed E-state index contributed by atoms with van der Waals surface area (Å²) in [5.74, 6) is -0.265. The molecule has 2 aromatic rings. The summed E-state index contributed by atoms with van der Waals surface area (Å²) < 4.78 is 13.0. The van der Waals surface area contributed by atoms with Crippen LogP contribution < -0.4 is 5.32 Å². The lowest BCUT2D eigenvalue weighted by molar-refractivity contribution is 0.627. The molecule has 19 heavy (non-hydrogen) atoms. The van der Waals surface area contributed by atoms with Gasteiger partial charge in [-0.15, -0.1) is 0 Å². The second-order valence-corrected chi connectivity index (χ2v) is 4.57. The Morgan fingerprint density at radius 2 is 1.89 bits per heavy atom. The van der Waals surface area contributed by atoms with E-state index in [0.717, 1.165) is 28.0 Å². The van der Waals surface area contributed by atoms with Crippen molar-refractivity contribution in [2.75, 3.05) is 5.32 Å². The summed E-state index contributed by atoms with van der Waals surface area (Å²) in [6.45, 7) is 4.07. The molecule has 1 aromatic carbocycles. The van der Waals surface area contributed by atoms with Gasteiger partial charge < -0.3 is 5.32 Å². The molecule has 0 bridgehead atoms. The van der Waals surface area contributed by atoms with Crippen LogP contribution in [0, 0.1) is 5.82 Å². The molecular weight excluding hydrogens is 263 g/mol. The molecule has 0 spiro atoms. The van der Waals surface area contributed by atoms with E-state index in [-0.39, 0.29) is 5.82 Å². The van der Waals surface area contributed by atoms with Crippen molar-refractivity contribution in [3.63, 3.8) is 0 Å². The number of anilines is 1. The Bertz CT molecular complexity index is 690. The summed E-state index contributed by atoms with van der Waals surface area (Å²) in [6.07, 6.45) is 3.48. The molecule has 3 rings (SSSR count). The number of hydrogen-bond acceptors (Lipinski definition) is 2. The van der Waals surface area contributed by atoms with Crippen molar-refractivity contribution in [1.29, 1.82) is 0 Å². The Labute approximate surface area is 115 Å². The van der Waals surface area contributed by atoms with Gasteiger partial charge in [0.25, 0.3) is 0 Å². The summed E-state index contributed by atoms with van der Waals surface area (Å²) in [5, 5.41) is 3.56. The Hall–Kier alpha value is -2.13. The largest absolute Gasteiger partial charge is 0.360 e. The molecule has 0 saturated heterocycles. The minimum absolute atomic E-state index is 0.265. The Balaban J connectivity index is 2.07. The number of rotatable bonds is 1. The monoisotopic (exact) mass is 272 g/mol. The van der Waals surface area contributed by atoms with Crippen molar-refractivity contribution < 1.29 is 4.39 Å². The van der Waals surface area contributed by atoms with Gasteiger partial charge in [-0.2, -0.15) is 0 Å². The van der Waals surface area contributed by atoms with Gasteiger partial charge in [-0.3, -0.25) is 0 Å². The average molecular weight is 273 g/mol. The fourth-order valence-corrected chi connectivity index (χ4v) is 2.37. The third-order valence-electron chi connectivity index (χ3n) is 3.06. The predicted octanol–water partition coefficient (Wildman–Crippen LogP) is 4.35. The standard InChI is InChI=1S/C15H10ClFN2/c1-9-12(10-2-4-11(17)5-3-10)8-19-13-6-7-18-15(16)14(9)13/h2-8,19H,1H2. The van der Waals surface area contributed by atoms with Gasteiger partial charge in [-0.25, -0.2) is 9.37 Å². The number of aromatic nitrogens is 1. The molecule has 94 valence electrons. The lowest BCUT2D eigenvalue weighted by Gasteiger charge is -2.21. The molecule has 0 atom stereocenters. The first-order valence-corrected chi connectivity index (χ1v) is 6.11. The molecule has 2 nitrogen and oxygen atoms in total. The van der Waals surface area contributed by atoms with Gasteiger partial charge in [-0.05, 0) is 29.3 Å². The highest BCUT2D eigenvalue weighted by Gasteiger charge is 2.19. The zero-order chi connectivity index (χ0) is 13.4. The van der Waals surface area contributed by atoms with E-state index >= 15 is 0 Å². The van der Waals surface area contributed by atoms with Crippen molar-refractivity contribution in [2.24, 2.45) is 0 Å². The van der Waals surface area contributed by atoms with E-state index in [4.69, 9.17) is 11.6 Å². The maximum atomic E-state index is 13.0. The van der Waals surface area contributed by atoms with E-state index in [9.17, 15) is 4.39 Å². The first-order chi connectivity index (χ1) is 9.16. The van der Waals surface area contributed by atoms with E-state index < -0.39 is 0 Å². The maximum absolute atomic E-state index is 13.0. The maximum Gasteiger partial charge on any atom is 0.138 e. The number of allylic oxidation sites excluding steroid dienone is 2. The molecule has 1 N–H and O–H groups in total. The number of nitrogens with zero attached hydrogens (tertiary/aromatic N) is 1. The molecule has 4 heteroatoms. The summed E-state index contributed by atoms with van der Waals surface area (Å²) in [4.78, 5) is 4.06. The van der Waals surface area contributed by atoms with E-state index in [0.29, 0.717) is 5.15 Å². The fourth-order valence-electron chi connectivity index (χ4n) is 2.10.